The highest BCUT2D eigenvalue weighted by Crippen LogP contribution is 2.29. The van der Waals surface area contributed by atoms with Gasteiger partial charge in [0.25, 0.3) is 5.69 Å². The van der Waals surface area contributed by atoms with Gasteiger partial charge in [-0.05, 0) is 29.3 Å². The summed E-state index contributed by atoms with van der Waals surface area (Å²) in [6, 6.07) is 13.6. The Hall–Kier alpha value is -3.24. The molecule has 3 rings (SSSR count). The Morgan fingerprint density at radius 3 is 2.42 bits per heavy atom. The van der Waals surface area contributed by atoms with E-state index in [1.54, 1.807) is 24.7 Å². The lowest BCUT2D eigenvalue weighted by atomic mass is 10.1. The quantitative estimate of drug-likeness (QED) is 0.379. The Morgan fingerprint density at radius 2 is 1.81 bits per heavy atom. The minimum atomic E-state index is -3.79. The van der Waals surface area contributed by atoms with Crippen LogP contribution >= 0.6 is 0 Å². The molecule has 9 nitrogen and oxygen atoms in total. The molecule has 0 atom stereocenters. The molecular formula is C21H25N5O4S. The first kappa shape index (κ1) is 22.4. The molecule has 0 aliphatic carbocycles. The summed E-state index contributed by atoms with van der Waals surface area (Å²) in [5, 5.41) is 18.9. The predicted octanol–water partition coefficient (Wildman–Crippen LogP) is 3.48. The molecule has 0 amide bonds. The fourth-order valence-electron chi connectivity index (χ4n) is 3.33. The highest BCUT2D eigenvalue weighted by Gasteiger charge is 2.25. The summed E-state index contributed by atoms with van der Waals surface area (Å²) in [6.45, 7) is 4.96. The van der Waals surface area contributed by atoms with E-state index in [1.807, 2.05) is 36.5 Å². The molecule has 0 bridgehead atoms. The number of aromatic nitrogens is 2. The number of rotatable bonds is 10. The summed E-state index contributed by atoms with van der Waals surface area (Å²) in [6.07, 6.45) is 3.57. The van der Waals surface area contributed by atoms with Crippen LogP contribution in [0.25, 0.3) is 0 Å². The first-order chi connectivity index (χ1) is 14.9. The monoisotopic (exact) mass is 443 g/mol. The van der Waals surface area contributed by atoms with E-state index in [-0.39, 0.29) is 16.3 Å². The second-order valence-electron chi connectivity index (χ2n) is 6.85. The summed E-state index contributed by atoms with van der Waals surface area (Å²) >= 11 is 0. The molecule has 1 N–H and O–H groups in total. The molecule has 0 aliphatic rings. The average molecular weight is 444 g/mol. The van der Waals surface area contributed by atoms with Gasteiger partial charge in [0.05, 0.1) is 16.4 Å². The Bertz CT molecular complexity index is 1140. The van der Waals surface area contributed by atoms with Gasteiger partial charge in [-0.2, -0.15) is 9.40 Å². The lowest BCUT2D eigenvalue weighted by molar-refractivity contribution is -0.384. The van der Waals surface area contributed by atoms with Crippen molar-refractivity contribution in [3.05, 3.63) is 82.2 Å². The van der Waals surface area contributed by atoms with Gasteiger partial charge in [-0.15, -0.1) is 0 Å². The second kappa shape index (κ2) is 9.71. The standard InChI is InChI=1S/C21H25N5O4S/c1-3-25(4-2)31(29,30)19-10-11-20(21(14-19)26(27)28)22-15-17-8-5-6-9-18(17)16-24-13-7-12-23-24/h5-14,22H,3-4,15-16H2,1-2H3. The largest absolute Gasteiger partial charge is 0.375 e. The maximum Gasteiger partial charge on any atom is 0.293 e. The van der Waals surface area contributed by atoms with Gasteiger partial charge in [-0.3, -0.25) is 14.8 Å². The van der Waals surface area contributed by atoms with Crippen molar-refractivity contribution in [2.24, 2.45) is 0 Å². The SMILES string of the molecule is CCN(CC)S(=O)(=O)c1ccc(NCc2ccccc2Cn2cccn2)c([N+](=O)[O-])c1. The number of benzene rings is 2. The fraction of sp³-hybridized carbons (Fsp3) is 0.286. The van der Waals surface area contributed by atoms with Crippen LogP contribution in [0, 0.1) is 10.1 Å². The smallest absolute Gasteiger partial charge is 0.293 e. The minimum Gasteiger partial charge on any atom is -0.375 e. The van der Waals surface area contributed by atoms with E-state index in [9.17, 15) is 18.5 Å². The zero-order valence-electron chi connectivity index (χ0n) is 17.4. The van der Waals surface area contributed by atoms with Crippen LogP contribution in [-0.2, 0) is 23.1 Å². The Morgan fingerprint density at radius 1 is 1.10 bits per heavy atom. The average Bonchev–Trinajstić information content (AvgIpc) is 3.26. The third-order valence-corrected chi connectivity index (χ3v) is 7.03. The van der Waals surface area contributed by atoms with E-state index in [4.69, 9.17) is 0 Å². The summed E-state index contributed by atoms with van der Waals surface area (Å²) in [5.74, 6) is 0. The van der Waals surface area contributed by atoms with Crippen molar-refractivity contribution in [1.29, 1.82) is 0 Å². The maximum absolute atomic E-state index is 12.7. The lowest BCUT2D eigenvalue weighted by Gasteiger charge is -2.18. The molecule has 0 unspecified atom stereocenters. The summed E-state index contributed by atoms with van der Waals surface area (Å²) < 4.78 is 28.5. The van der Waals surface area contributed by atoms with E-state index >= 15 is 0 Å². The van der Waals surface area contributed by atoms with Gasteiger partial charge in [0.1, 0.15) is 5.69 Å². The summed E-state index contributed by atoms with van der Waals surface area (Å²) in [4.78, 5) is 11.0. The van der Waals surface area contributed by atoms with Crippen LogP contribution in [0.5, 0.6) is 0 Å². The number of nitrogens with one attached hydrogen (secondary N) is 1. The highest BCUT2D eigenvalue weighted by molar-refractivity contribution is 7.89. The molecule has 0 radical (unpaired) electrons. The van der Waals surface area contributed by atoms with Crippen LogP contribution in [0.2, 0.25) is 0 Å². The van der Waals surface area contributed by atoms with Crippen molar-refractivity contribution in [3.8, 4) is 0 Å². The van der Waals surface area contributed by atoms with E-state index in [1.165, 1.54) is 16.4 Å². The molecule has 0 saturated heterocycles. The number of nitro benzene ring substituents is 1. The van der Waals surface area contributed by atoms with E-state index in [0.29, 0.717) is 26.2 Å². The van der Waals surface area contributed by atoms with Gasteiger partial charge in [0.15, 0.2) is 0 Å². The van der Waals surface area contributed by atoms with Crippen molar-refractivity contribution in [2.75, 3.05) is 18.4 Å². The zero-order valence-corrected chi connectivity index (χ0v) is 18.2. The molecule has 2 aromatic carbocycles. The van der Waals surface area contributed by atoms with Crippen LogP contribution in [0.1, 0.15) is 25.0 Å². The lowest BCUT2D eigenvalue weighted by Crippen LogP contribution is -2.30. The second-order valence-corrected chi connectivity index (χ2v) is 8.79. The molecule has 164 valence electrons. The highest BCUT2D eigenvalue weighted by atomic mass is 32.2. The first-order valence-corrected chi connectivity index (χ1v) is 11.4. The summed E-state index contributed by atoms with van der Waals surface area (Å²) in [7, 11) is -3.79. The van der Waals surface area contributed by atoms with Crippen molar-refractivity contribution in [3.63, 3.8) is 0 Å². The van der Waals surface area contributed by atoms with Gasteiger partial charge in [-0.1, -0.05) is 38.1 Å². The van der Waals surface area contributed by atoms with Gasteiger partial charge in [-0.25, -0.2) is 8.42 Å². The molecule has 31 heavy (non-hydrogen) atoms. The number of nitrogens with zero attached hydrogens (tertiary/aromatic N) is 4. The third-order valence-electron chi connectivity index (χ3n) is 4.99. The molecule has 0 aliphatic heterocycles. The maximum atomic E-state index is 12.7. The normalized spacial score (nSPS) is 11.6. The van der Waals surface area contributed by atoms with Crippen molar-refractivity contribution >= 4 is 21.4 Å². The van der Waals surface area contributed by atoms with Gasteiger partial charge < -0.3 is 5.32 Å². The van der Waals surface area contributed by atoms with E-state index in [0.717, 1.165) is 17.2 Å². The number of sulfonamides is 1. The number of hydrogen-bond donors (Lipinski definition) is 1. The molecule has 0 spiro atoms. The number of anilines is 1. The van der Waals surface area contributed by atoms with Crippen molar-refractivity contribution in [2.45, 2.75) is 31.8 Å². The van der Waals surface area contributed by atoms with Gasteiger partial charge >= 0.3 is 0 Å². The van der Waals surface area contributed by atoms with Crippen molar-refractivity contribution < 1.29 is 13.3 Å². The Balaban J connectivity index is 1.85. The molecule has 1 aromatic heterocycles. The molecule has 0 fully saturated rings. The zero-order chi connectivity index (χ0) is 22.4. The summed E-state index contributed by atoms with van der Waals surface area (Å²) in [5.41, 5.74) is 1.98. The molecule has 10 heteroatoms. The van der Waals surface area contributed by atoms with E-state index < -0.39 is 14.9 Å². The number of hydrogen-bond acceptors (Lipinski definition) is 6. The molecular weight excluding hydrogens is 418 g/mol. The van der Waals surface area contributed by atoms with Gasteiger partial charge in [0.2, 0.25) is 10.0 Å². The van der Waals surface area contributed by atoms with E-state index in [2.05, 4.69) is 10.4 Å². The molecule has 3 aromatic rings. The minimum absolute atomic E-state index is 0.0902. The van der Waals surface area contributed by atoms with Crippen LogP contribution < -0.4 is 5.32 Å². The number of nitro groups is 1. The van der Waals surface area contributed by atoms with Gasteiger partial charge in [0, 0.05) is 38.1 Å². The molecule has 0 saturated carbocycles. The third kappa shape index (κ3) is 5.09. The van der Waals surface area contributed by atoms with Crippen LogP contribution in [-0.4, -0.2) is 40.5 Å². The van der Waals surface area contributed by atoms with Crippen LogP contribution in [0.3, 0.4) is 0 Å². The van der Waals surface area contributed by atoms with Crippen LogP contribution in [0.4, 0.5) is 11.4 Å². The predicted molar refractivity (Wildman–Crippen MR) is 118 cm³/mol. The first-order valence-electron chi connectivity index (χ1n) is 9.93. The molecule has 1 heterocycles. The Kier molecular flexibility index (Phi) is 7.03. The fourth-order valence-corrected chi connectivity index (χ4v) is 4.81. The van der Waals surface area contributed by atoms with Crippen molar-refractivity contribution in [1.82, 2.24) is 14.1 Å². The van der Waals surface area contributed by atoms with Crippen LogP contribution in [0.15, 0.2) is 65.8 Å². The topological polar surface area (TPSA) is 110 Å². The Labute approximate surface area is 181 Å².